The minimum absolute atomic E-state index is 0.762. The van der Waals surface area contributed by atoms with Gasteiger partial charge in [0.2, 0.25) is 0 Å². The molecule has 0 aliphatic carbocycles. The van der Waals surface area contributed by atoms with Crippen LogP contribution in [0.25, 0.3) is 0 Å². The predicted molar refractivity (Wildman–Crippen MR) is 96.9 cm³/mol. The lowest BCUT2D eigenvalue weighted by Crippen LogP contribution is -3.17. The fraction of sp³-hybridized carbons (Fsp3) is 0.278. The highest BCUT2D eigenvalue weighted by Gasteiger charge is 2.26. The maximum absolute atomic E-state index is 5.49. The molecule has 0 aromatic heterocycles. The van der Waals surface area contributed by atoms with Gasteiger partial charge < -0.3 is 15.0 Å². The Morgan fingerprint density at radius 2 is 1.87 bits per heavy atom. The Morgan fingerprint density at radius 1 is 1.13 bits per heavy atom. The molecule has 23 heavy (non-hydrogen) atoms. The van der Waals surface area contributed by atoms with E-state index in [1.807, 2.05) is 24.3 Å². The predicted octanol–water partition coefficient (Wildman–Crippen LogP) is 1.43. The van der Waals surface area contributed by atoms with Crippen LogP contribution in [0.2, 0.25) is 0 Å². The molecular weight excluding hydrogens is 306 g/mol. The van der Waals surface area contributed by atoms with Gasteiger partial charge in [0.15, 0.2) is 18.4 Å². The van der Waals surface area contributed by atoms with Crippen molar-refractivity contribution in [2.75, 3.05) is 31.9 Å². The zero-order valence-electron chi connectivity index (χ0n) is 13.3. The summed E-state index contributed by atoms with van der Waals surface area (Å²) < 4.78 is 5.47. The van der Waals surface area contributed by atoms with Crippen LogP contribution in [0.15, 0.2) is 54.6 Å². The molecule has 0 saturated carbocycles. The molecule has 120 valence electrons. The number of quaternary nitrogens is 1. The number of para-hydroxylation sites is 2. The molecule has 1 aliphatic heterocycles. The standard InChI is InChI=1S/C18H21N3OS/c1-22-17-10-6-5-9-16(17)21-14-20(13-19-18(21)23)12-11-15-7-3-2-4-8-15/h2-10H,11-14H2,1H3,(H,19,23)/p+1. The fourth-order valence-electron chi connectivity index (χ4n) is 2.83. The molecule has 2 aromatic carbocycles. The SMILES string of the molecule is COc1ccccc1N1C[NH+](CCc2ccccc2)CNC1=S. The van der Waals surface area contributed by atoms with E-state index in [1.165, 1.54) is 10.5 Å². The van der Waals surface area contributed by atoms with Gasteiger partial charge >= 0.3 is 0 Å². The molecule has 3 rings (SSSR count). The van der Waals surface area contributed by atoms with Crippen molar-refractivity contribution in [1.29, 1.82) is 0 Å². The van der Waals surface area contributed by atoms with Crippen molar-refractivity contribution in [3.63, 3.8) is 0 Å². The first-order valence-corrected chi connectivity index (χ1v) is 8.24. The first kappa shape index (κ1) is 15.8. The van der Waals surface area contributed by atoms with Gasteiger partial charge in [-0.3, -0.25) is 4.90 Å². The second-order valence-electron chi connectivity index (χ2n) is 5.65. The topological polar surface area (TPSA) is 28.9 Å². The van der Waals surface area contributed by atoms with Crippen LogP contribution in [0.1, 0.15) is 5.56 Å². The summed E-state index contributed by atoms with van der Waals surface area (Å²) in [6.45, 7) is 2.77. The summed E-state index contributed by atoms with van der Waals surface area (Å²) in [5.41, 5.74) is 2.39. The molecule has 1 saturated heterocycles. The second-order valence-corrected chi connectivity index (χ2v) is 6.04. The number of hydrogen-bond acceptors (Lipinski definition) is 2. The molecule has 1 unspecified atom stereocenters. The van der Waals surface area contributed by atoms with Gasteiger partial charge in [-0.25, -0.2) is 0 Å². The van der Waals surface area contributed by atoms with Crippen molar-refractivity contribution >= 4 is 23.0 Å². The Hall–Kier alpha value is -2.11. The monoisotopic (exact) mass is 328 g/mol. The molecule has 1 fully saturated rings. The number of hydrogen-bond donors (Lipinski definition) is 2. The number of nitrogens with zero attached hydrogens (tertiary/aromatic N) is 1. The molecule has 0 bridgehead atoms. The van der Waals surface area contributed by atoms with Crippen LogP contribution in [-0.4, -0.2) is 32.1 Å². The summed E-state index contributed by atoms with van der Waals surface area (Å²) in [4.78, 5) is 3.58. The lowest BCUT2D eigenvalue weighted by atomic mass is 10.1. The summed E-state index contributed by atoms with van der Waals surface area (Å²) in [5.74, 6) is 0.848. The van der Waals surface area contributed by atoms with E-state index in [2.05, 4.69) is 40.5 Å². The highest BCUT2D eigenvalue weighted by molar-refractivity contribution is 7.80. The minimum Gasteiger partial charge on any atom is -0.495 e. The lowest BCUT2D eigenvalue weighted by molar-refractivity contribution is -0.902. The third kappa shape index (κ3) is 3.81. The van der Waals surface area contributed by atoms with Crippen LogP contribution >= 0.6 is 12.2 Å². The first-order chi connectivity index (χ1) is 11.3. The number of thiocarbonyl (C=S) groups is 1. The van der Waals surface area contributed by atoms with E-state index in [-0.39, 0.29) is 0 Å². The molecule has 2 N–H and O–H groups in total. The van der Waals surface area contributed by atoms with E-state index >= 15 is 0 Å². The quantitative estimate of drug-likeness (QED) is 0.813. The van der Waals surface area contributed by atoms with E-state index in [9.17, 15) is 0 Å². The van der Waals surface area contributed by atoms with Crippen LogP contribution < -0.4 is 19.9 Å². The van der Waals surface area contributed by atoms with Gasteiger partial charge in [0.25, 0.3) is 0 Å². The summed E-state index contributed by atoms with van der Waals surface area (Å²) >= 11 is 5.49. The van der Waals surface area contributed by atoms with Crippen molar-refractivity contribution in [1.82, 2.24) is 5.32 Å². The molecule has 0 amide bonds. The van der Waals surface area contributed by atoms with Crippen molar-refractivity contribution in [2.45, 2.75) is 6.42 Å². The van der Waals surface area contributed by atoms with E-state index in [1.54, 1.807) is 7.11 Å². The highest BCUT2D eigenvalue weighted by atomic mass is 32.1. The van der Waals surface area contributed by atoms with E-state index in [4.69, 9.17) is 17.0 Å². The molecule has 4 nitrogen and oxygen atoms in total. The number of ether oxygens (including phenoxy) is 1. The summed E-state index contributed by atoms with van der Waals surface area (Å²) in [6.07, 6.45) is 1.06. The van der Waals surface area contributed by atoms with Crippen LogP contribution in [-0.2, 0) is 6.42 Å². The number of anilines is 1. The summed E-state index contributed by atoms with van der Waals surface area (Å²) in [6, 6.07) is 18.6. The Morgan fingerprint density at radius 3 is 2.65 bits per heavy atom. The zero-order chi connectivity index (χ0) is 16.1. The van der Waals surface area contributed by atoms with Crippen LogP contribution in [0.5, 0.6) is 5.75 Å². The highest BCUT2D eigenvalue weighted by Crippen LogP contribution is 2.27. The molecule has 5 heteroatoms. The first-order valence-electron chi connectivity index (χ1n) is 7.84. The van der Waals surface area contributed by atoms with E-state index < -0.39 is 0 Å². The summed E-state index contributed by atoms with van der Waals surface area (Å²) in [7, 11) is 1.69. The normalized spacial score (nSPS) is 17.7. The average molecular weight is 328 g/mol. The Labute approximate surface area is 142 Å². The maximum Gasteiger partial charge on any atom is 0.182 e. The largest absolute Gasteiger partial charge is 0.495 e. The molecule has 0 radical (unpaired) electrons. The number of benzene rings is 2. The number of rotatable bonds is 5. The number of methoxy groups -OCH3 is 1. The third-order valence-corrected chi connectivity index (χ3v) is 4.47. The maximum atomic E-state index is 5.49. The van der Waals surface area contributed by atoms with Gasteiger partial charge in [-0.05, 0) is 29.9 Å². The molecule has 1 atom stereocenters. The third-order valence-electron chi connectivity index (χ3n) is 4.10. The van der Waals surface area contributed by atoms with Gasteiger partial charge in [-0.15, -0.1) is 0 Å². The van der Waals surface area contributed by atoms with E-state index in [0.717, 1.165) is 42.9 Å². The van der Waals surface area contributed by atoms with Gasteiger partial charge in [0.05, 0.1) is 19.3 Å². The molecular formula is C18H22N3OS+. The average Bonchev–Trinajstić information content (AvgIpc) is 2.62. The Balaban J connectivity index is 1.68. The lowest BCUT2D eigenvalue weighted by Gasteiger charge is -2.35. The van der Waals surface area contributed by atoms with Crippen molar-refractivity contribution < 1.29 is 9.64 Å². The number of nitrogens with one attached hydrogen (secondary N) is 2. The second kappa shape index (κ2) is 7.44. The van der Waals surface area contributed by atoms with Gasteiger partial charge in [0, 0.05) is 6.42 Å². The van der Waals surface area contributed by atoms with Crippen molar-refractivity contribution in [3.05, 3.63) is 60.2 Å². The smallest absolute Gasteiger partial charge is 0.182 e. The van der Waals surface area contributed by atoms with Crippen LogP contribution in [0.3, 0.4) is 0 Å². The Bertz CT molecular complexity index is 662. The zero-order valence-corrected chi connectivity index (χ0v) is 14.1. The summed E-state index contributed by atoms with van der Waals surface area (Å²) in [5, 5.41) is 4.10. The Kier molecular flexibility index (Phi) is 5.10. The molecule has 0 spiro atoms. The molecule has 1 heterocycles. The van der Waals surface area contributed by atoms with Crippen LogP contribution in [0.4, 0.5) is 5.69 Å². The van der Waals surface area contributed by atoms with Crippen molar-refractivity contribution in [3.8, 4) is 5.75 Å². The van der Waals surface area contributed by atoms with Gasteiger partial charge in [0.1, 0.15) is 5.75 Å². The minimum atomic E-state index is 0.762. The van der Waals surface area contributed by atoms with Crippen LogP contribution in [0, 0.1) is 0 Å². The van der Waals surface area contributed by atoms with Gasteiger partial charge in [-0.2, -0.15) is 0 Å². The van der Waals surface area contributed by atoms with E-state index in [0.29, 0.717) is 0 Å². The van der Waals surface area contributed by atoms with Gasteiger partial charge in [-0.1, -0.05) is 42.5 Å². The molecule has 2 aromatic rings. The molecule has 1 aliphatic rings. The fourth-order valence-corrected chi connectivity index (χ4v) is 3.06. The van der Waals surface area contributed by atoms with Crippen molar-refractivity contribution in [2.24, 2.45) is 0 Å².